The minimum Gasteiger partial charge on any atom is -0.478 e. The number of carboxylic acid groups (broad SMARTS) is 1. The molecular weight excluding hydrogens is 312 g/mol. The molecule has 24 heavy (non-hydrogen) atoms. The van der Waals surface area contributed by atoms with Gasteiger partial charge in [-0.15, -0.1) is 0 Å². The number of carbonyl (C=O) groups excluding carboxylic acids is 2. The molecule has 132 valence electrons. The van der Waals surface area contributed by atoms with Crippen molar-refractivity contribution >= 4 is 18.0 Å². The first kappa shape index (κ1) is 19.5. The molecule has 0 aliphatic heterocycles. The molecule has 0 spiro atoms. The average molecular weight is 336 g/mol. The summed E-state index contributed by atoms with van der Waals surface area (Å²) >= 11 is 0. The van der Waals surface area contributed by atoms with Gasteiger partial charge in [0, 0.05) is 13.0 Å². The summed E-state index contributed by atoms with van der Waals surface area (Å²) in [7, 11) is 0. The second-order valence-corrected chi connectivity index (χ2v) is 6.30. The smallest absolute Gasteiger partial charge is 0.408 e. The van der Waals surface area contributed by atoms with Gasteiger partial charge in [-0.3, -0.25) is 4.79 Å². The monoisotopic (exact) mass is 336 g/mol. The first-order chi connectivity index (χ1) is 11.1. The zero-order valence-corrected chi connectivity index (χ0v) is 14.4. The van der Waals surface area contributed by atoms with Gasteiger partial charge in [0.15, 0.2) is 0 Å². The van der Waals surface area contributed by atoms with Crippen molar-refractivity contribution in [2.75, 3.05) is 6.54 Å². The highest BCUT2D eigenvalue weighted by atomic mass is 16.6. The van der Waals surface area contributed by atoms with Crippen LogP contribution >= 0.6 is 0 Å². The molecule has 2 amide bonds. The van der Waals surface area contributed by atoms with Gasteiger partial charge in [0.1, 0.15) is 11.6 Å². The molecule has 0 saturated heterocycles. The van der Waals surface area contributed by atoms with E-state index in [1.165, 1.54) is 12.1 Å². The Bertz CT molecular complexity index is 590. The van der Waals surface area contributed by atoms with Gasteiger partial charge in [-0.05, 0) is 45.4 Å². The standard InChI is InChI=1S/C17H24N2O5/c1-5-18-14(20)13(19-16(23)24-17(2,3)4)10-11-6-8-12(9-7-11)15(21)22/h6-9,13H,5,10H2,1-4H3,(H,18,20)(H,19,23)(H,21,22)/t13-/m0/s1. The topological polar surface area (TPSA) is 105 Å². The van der Waals surface area contributed by atoms with Crippen LogP contribution in [0.4, 0.5) is 4.79 Å². The van der Waals surface area contributed by atoms with Crippen molar-refractivity contribution in [3.05, 3.63) is 35.4 Å². The molecule has 7 nitrogen and oxygen atoms in total. The predicted octanol–water partition coefficient (Wildman–Crippen LogP) is 1.96. The van der Waals surface area contributed by atoms with Gasteiger partial charge in [-0.2, -0.15) is 0 Å². The Morgan fingerprint density at radius 3 is 2.21 bits per heavy atom. The molecule has 3 N–H and O–H groups in total. The SMILES string of the molecule is CCNC(=O)[C@H](Cc1ccc(C(=O)O)cc1)NC(=O)OC(C)(C)C. The summed E-state index contributed by atoms with van der Waals surface area (Å²) in [6, 6.07) is 5.34. The maximum absolute atomic E-state index is 12.1. The van der Waals surface area contributed by atoms with E-state index < -0.39 is 23.7 Å². The van der Waals surface area contributed by atoms with E-state index in [1.807, 2.05) is 0 Å². The summed E-state index contributed by atoms with van der Waals surface area (Å²) in [6.07, 6.45) is -0.453. The number of benzene rings is 1. The minimum absolute atomic E-state index is 0.161. The molecule has 1 atom stereocenters. The van der Waals surface area contributed by atoms with Gasteiger partial charge in [0.2, 0.25) is 5.91 Å². The zero-order chi connectivity index (χ0) is 18.3. The Morgan fingerprint density at radius 1 is 1.17 bits per heavy atom. The van der Waals surface area contributed by atoms with E-state index >= 15 is 0 Å². The van der Waals surface area contributed by atoms with Crippen LogP contribution < -0.4 is 10.6 Å². The lowest BCUT2D eigenvalue weighted by atomic mass is 10.0. The van der Waals surface area contributed by atoms with E-state index in [1.54, 1.807) is 39.8 Å². The number of likely N-dealkylation sites (N-methyl/N-ethyl adjacent to an activating group) is 1. The van der Waals surface area contributed by atoms with Crippen LogP contribution in [0.1, 0.15) is 43.6 Å². The summed E-state index contributed by atoms with van der Waals surface area (Å²) in [5.74, 6) is -1.35. The number of carboxylic acids is 1. The number of nitrogens with one attached hydrogen (secondary N) is 2. The van der Waals surface area contributed by atoms with Crippen molar-refractivity contribution in [3.8, 4) is 0 Å². The van der Waals surface area contributed by atoms with Crippen molar-refractivity contribution in [1.82, 2.24) is 10.6 Å². The number of ether oxygens (including phenoxy) is 1. The first-order valence-electron chi connectivity index (χ1n) is 7.72. The number of aromatic carboxylic acids is 1. The van der Waals surface area contributed by atoms with Crippen LogP contribution in [0, 0.1) is 0 Å². The van der Waals surface area contributed by atoms with Gasteiger partial charge < -0.3 is 20.5 Å². The fraction of sp³-hybridized carbons (Fsp3) is 0.471. The number of hydrogen-bond donors (Lipinski definition) is 3. The third-order valence-electron chi connectivity index (χ3n) is 3.00. The summed E-state index contributed by atoms with van der Waals surface area (Å²) in [5.41, 5.74) is 0.222. The lowest BCUT2D eigenvalue weighted by molar-refractivity contribution is -0.123. The molecule has 1 rings (SSSR count). The quantitative estimate of drug-likeness (QED) is 0.736. The molecule has 7 heteroatoms. The largest absolute Gasteiger partial charge is 0.478 e. The van der Waals surface area contributed by atoms with Gasteiger partial charge in [0.05, 0.1) is 5.56 Å². The molecule has 0 radical (unpaired) electrons. The summed E-state index contributed by atoms with van der Waals surface area (Å²) in [6.45, 7) is 7.42. The summed E-state index contributed by atoms with van der Waals surface area (Å²) in [4.78, 5) is 34.9. The third-order valence-corrected chi connectivity index (χ3v) is 3.00. The fourth-order valence-electron chi connectivity index (χ4n) is 1.98. The maximum atomic E-state index is 12.1. The molecule has 0 aromatic heterocycles. The summed E-state index contributed by atoms with van der Waals surface area (Å²) < 4.78 is 5.18. The van der Waals surface area contributed by atoms with E-state index in [4.69, 9.17) is 9.84 Å². The Kier molecular flexibility index (Phi) is 6.76. The highest BCUT2D eigenvalue weighted by molar-refractivity contribution is 5.88. The minimum atomic E-state index is -1.02. The highest BCUT2D eigenvalue weighted by Crippen LogP contribution is 2.10. The summed E-state index contributed by atoms with van der Waals surface area (Å²) in [5, 5.41) is 14.1. The Labute approximate surface area is 141 Å². The van der Waals surface area contributed by atoms with E-state index in [2.05, 4.69) is 10.6 Å². The maximum Gasteiger partial charge on any atom is 0.408 e. The predicted molar refractivity (Wildman–Crippen MR) is 88.9 cm³/mol. The van der Waals surface area contributed by atoms with Crippen LogP contribution in [0.25, 0.3) is 0 Å². The van der Waals surface area contributed by atoms with Crippen molar-refractivity contribution in [2.24, 2.45) is 0 Å². The molecule has 0 saturated carbocycles. The van der Waals surface area contributed by atoms with Gasteiger partial charge >= 0.3 is 12.1 Å². The van der Waals surface area contributed by atoms with Crippen molar-refractivity contribution < 1.29 is 24.2 Å². The molecule has 0 bridgehead atoms. The normalized spacial score (nSPS) is 12.2. The number of carbonyl (C=O) groups is 3. The lowest BCUT2D eigenvalue weighted by Gasteiger charge is -2.23. The average Bonchev–Trinajstić information content (AvgIpc) is 2.45. The molecule has 0 aliphatic rings. The Morgan fingerprint density at radius 2 is 1.75 bits per heavy atom. The van der Waals surface area contributed by atoms with Crippen LogP contribution in [0.15, 0.2) is 24.3 Å². The second kappa shape index (κ2) is 8.33. The van der Waals surface area contributed by atoms with E-state index in [9.17, 15) is 14.4 Å². The van der Waals surface area contributed by atoms with Crippen molar-refractivity contribution in [2.45, 2.75) is 45.8 Å². The third kappa shape index (κ3) is 6.68. The molecule has 0 aliphatic carbocycles. The number of rotatable bonds is 6. The fourth-order valence-corrected chi connectivity index (χ4v) is 1.98. The second-order valence-electron chi connectivity index (χ2n) is 6.30. The van der Waals surface area contributed by atoms with Gasteiger partial charge in [-0.25, -0.2) is 9.59 Å². The molecule has 0 fully saturated rings. The van der Waals surface area contributed by atoms with Crippen molar-refractivity contribution in [1.29, 1.82) is 0 Å². The highest BCUT2D eigenvalue weighted by Gasteiger charge is 2.24. The van der Waals surface area contributed by atoms with Crippen LogP contribution in [0.5, 0.6) is 0 Å². The van der Waals surface area contributed by atoms with Crippen molar-refractivity contribution in [3.63, 3.8) is 0 Å². The van der Waals surface area contributed by atoms with E-state index in [0.29, 0.717) is 6.54 Å². The van der Waals surface area contributed by atoms with E-state index in [0.717, 1.165) is 5.56 Å². The van der Waals surface area contributed by atoms with Crippen LogP contribution in [-0.4, -0.2) is 41.3 Å². The number of amides is 2. The molecule has 0 unspecified atom stereocenters. The number of hydrogen-bond acceptors (Lipinski definition) is 4. The number of alkyl carbamates (subject to hydrolysis) is 1. The molecular formula is C17H24N2O5. The molecule has 1 aromatic rings. The molecule has 0 heterocycles. The van der Waals surface area contributed by atoms with Crippen LogP contribution in [0.2, 0.25) is 0 Å². The van der Waals surface area contributed by atoms with Crippen LogP contribution in [-0.2, 0) is 16.0 Å². The first-order valence-corrected chi connectivity index (χ1v) is 7.72. The Hall–Kier alpha value is -2.57. The van der Waals surface area contributed by atoms with Gasteiger partial charge in [-0.1, -0.05) is 12.1 Å². The zero-order valence-electron chi connectivity index (χ0n) is 14.4. The van der Waals surface area contributed by atoms with Gasteiger partial charge in [0.25, 0.3) is 0 Å². The molecule has 1 aromatic carbocycles. The Balaban J connectivity index is 2.84. The lowest BCUT2D eigenvalue weighted by Crippen LogP contribution is -2.49. The van der Waals surface area contributed by atoms with Crippen LogP contribution in [0.3, 0.4) is 0 Å². The van der Waals surface area contributed by atoms with E-state index in [-0.39, 0.29) is 17.9 Å².